The summed E-state index contributed by atoms with van der Waals surface area (Å²) in [6, 6.07) is 0. The molecule has 2 heterocycles. The van der Waals surface area contributed by atoms with E-state index in [1.165, 1.54) is 6.92 Å². The molecule has 0 amide bonds. The van der Waals surface area contributed by atoms with Crippen LogP contribution in [0.15, 0.2) is 4.79 Å². The number of nitrogens with one attached hydrogen (secondary N) is 1. The van der Waals surface area contributed by atoms with E-state index in [-0.39, 0.29) is 17.2 Å². The molecule has 0 saturated carbocycles. The molecule has 5 heteroatoms. The third-order valence-electron chi connectivity index (χ3n) is 2.17. The summed E-state index contributed by atoms with van der Waals surface area (Å²) in [5, 5.41) is 0. The summed E-state index contributed by atoms with van der Waals surface area (Å²) < 4.78 is 0. The number of Topliss-reactive ketones (excluding diaryl/α,β-unsaturated/α-hetero) is 1. The lowest BCUT2D eigenvalue weighted by atomic mass is 10.2. The van der Waals surface area contributed by atoms with Crippen molar-refractivity contribution >= 4 is 17.5 Å². The third-order valence-corrected chi connectivity index (χ3v) is 3.14. The van der Waals surface area contributed by atoms with Gasteiger partial charge in [-0.3, -0.25) is 9.59 Å². The molecule has 74 valence electrons. The molecule has 14 heavy (non-hydrogen) atoms. The van der Waals surface area contributed by atoms with Gasteiger partial charge in [0.1, 0.15) is 0 Å². The minimum atomic E-state index is -0.194. The van der Waals surface area contributed by atoms with Crippen molar-refractivity contribution in [1.29, 1.82) is 0 Å². The van der Waals surface area contributed by atoms with Gasteiger partial charge in [0.25, 0.3) is 5.56 Å². The molecule has 0 radical (unpaired) electrons. The van der Waals surface area contributed by atoms with Crippen molar-refractivity contribution in [2.45, 2.75) is 19.1 Å². The average molecular weight is 210 g/mol. The molecule has 0 atom stereocenters. The van der Waals surface area contributed by atoms with E-state index in [0.29, 0.717) is 0 Å². The van der Waals surface area contributed by atoms with Crippen LogP contribution in [-0.2, 0) is 12.2 Å². The van der Waals surface area contributed by atoms with Crippen LogP contribution in [0.25, 0.3) is 0 Å². The fourth-order valence-electron chi connectivity index (χ4n) is 1.43. The van der Waals surface area contributed by atoms with E-state index in [9.17, 15) is 9.59 Å². The molecule has 0 bridgehead atoms. The Morgan fingerprint density at radius 1 is 1.57 bits per heavy atom. The minimum Gasteiger partial charge on any atom is -0.304 e. The van der Waals surface area contributed by atoms with Crippen LogP contribution in [0.2, 0.25) is 0 Å². The summed E-state index contributed by atoms with van der Waals surface area (Å²) in [7, 11) is 0. The highest BCUT2D eigenvalue weighted by molar-refractivity contribution is 7.98. The number of aromatic amines is 1. The van der Waals surface area contributed by atoms with Crippen LogP contribution in [0.3, 0.4) is 0 Å². The van der Waals surface area contributed by atoms with Crippen molar-refractivity contribution in [3.8, 4) is 0 Å². The zero-order valence-electron chi connectivity index (χ0n) is 7.79. The summed E-state index contributed by atoms with van der Waals surface area (Å²) in [4.78, 5) is 29.2. The van der Waals surface area contributed by atoms with Crippen molar-refractivity contribution in [2.75, 3.05) is 5.75 Å². The predicted molar refractivity (Wildman–Crippen MR) is 54.7 cm³/mol. The molecule has 1 aliphatic rings. The van der Waals surface area contributed by atoms with Gasteiger partial charge in [0.2, 0.25) is 0 Å². The molecule has 0 fully saturated rings. The largest absolute Gasteiger partial charge is 0.304 e. The molecule has 0 saturated heterocycles. The van der Waals surface area contributed by atoms with Crippen LogP contribution in [0.5, 0.6) is 0 Å². The highest BCUT2D eigenvalue weighted by Gasteiger charge is 2.16. The first-order chi connectivity index (χ1) is 6.68. The lowest BCUT2D eigenvalue weighted by molar-refractivity contribution is 0.100. The predicted octanol–water partition coefficient (Wildman–Crippen LogP) is 0.762. The Kier molecular flexibility index (Phi) is 2.41. The second-order valence-electron chi connectivity index (χ2n) is 3.20. The van der Waals surface area contributed by atoms with Gasteiger partial charge in [-0.25, -0.2) is 4.98 Å². The second-order valence-corrected chi connectivity index (χ2v) is 4.30. The van der Waals surface area contributed by atoms with Gasteiger partial charge in [-0.15, -0.1) is 0 Å². The number of rotatable bonds is 1. The number of thioether (sulfide) groups is 1. The topological polar surface area (TPSA) is 62.8 Å². The molecule has 1 aliphatic heterocycles. The Labute approximate surface area is 85.1 Å². The maximum absolute atomic E-state index is 11.5. The van der Waals surface area contributed by atoms with Gasteiger partial charge in [0, 0.05) is 18.2 Å². The highest BCUT2D eigenvalue weighted by atomic mass is 32.2. The second kappa shape index (κ2) is 3.57. The van der Waals surface area contributed by atoms with Gasteiger partial charge in [0.05, 0.1) is 5.69 Å². The van der Waals surface area contributed by atoms with E-state index in [0.717, 1.165) is 29.2 Å². The molecule has 1 aromatic heterocycles. The third kappa shape index (κ3) is 1.59. The molecule has 0 aliphatic carbocycles. The fraction of sp³-hybridized carbons (Fsp3) is 0.444. The monoisotopic (exact) mass is 210 g/mol. The van der Waals surface area contributed by atoms with Crippen LogP contribution >= 0.6 is 11.8 Å². The molecule has 0 spiro atoms. The van der Waals surface area contributed by atoms with Crippen LogP contribution in [0.4, 0.5) is 0 Å². The van der Waals surface area contributed by atoms with Gasteiger partial charge >= 0.3 is 0 Å². The molecular formula is C9H10N2O2S. The Balaban J connectivity index is 2.57. The smallest absolute Gasteiger partial charge is 0.254 e. The van der Waals surface area contributed by atoms with Crippen LogP contribution < -0.4 is 5.56 Å². The van der Waals surface area contributed by atoms with Gasteiger partial charge in [-0.1, -0.05) is 0 Å². The normalized spacial score (nSPS) is 14.9. The van der Waals surface area contributed by atoms with Crippen LogP contribution in [-0.4, -0.2) is 21.5 Å². The zero-order chi connectivity index (χ0) is 10.1. The zero-order valence-corrected chi connectivity index (χ0v) is 8.61. The van der Waals surface area contributed by atoms with E-state index in [2.05, 4.69) is 9.97 Å². The fourth-order valence-corrected chi connectivity index (χ4v) is 2.36. The van der Waals surface area contributed by atoms with Gasteiger partial charge < -0.3 is 4.98 Å². The standard InChI is InChI=1S/C9H10N2O2S/c1-5(12)8-10-7-4-14-3-2-6(7)9(13)11-8/h2-4H2,1H3,(H,10,11,13). The van der Waals surface area contributed by atoms with E-state index in [4.69, 9.17) is 0 Å². The van der Waals surface area contributed by atoms with E-state index in [1.807, 2.05) is 0 Å². The lowest BCUT2D eigenvalue weighted by Gasteiger charge is -2.13. The molecule has 0 aromatic carbocycles. The maximum atomic E-state index is 11.5. The summed E-state index contributed by atoms with van der Waals surface area (Å²) >= 11 is 1.74. The lowest BCUT2D eigenvalue weighted by Crippen LogP contribution is -2.24. The Morgan fingerprint density at radius 2 is 2.36 bits per heavy atom. The van der Waals surface area contributed by atoms with E-state index in [1.54, 1.807) is 11.8 Å². The number of aromatic nitrogens is 2. The van der Waals surface area contributed by atoms with E-state index >= 15 is 0 Å². The number of nitrogens with zero attached hydrogens (tertiary/aromatic N) is 1. The van der Waals surface area contributed by atoms with Crippen molar-refractivity contribution < 1.29 is 4.79 Å². The number of carbonyl (C=O) groups is 1. The molecule has 4 nitrogen and oxygen atoms in total. The van der Waals surface area contributed by atoms with Crippen molar-refractivity contribution in [1.82, 2.24) is 9.97 Å². The SMILES string of the molecule is CC(=O)c1nc2c(c(=O)[nH]1)CCSC2. The first-order valence-corrected chi connectivity index (χ1v) is 5.54. The van der Waals surface area contributed by atoms with Gasteiger partial charge in [0.15, 0.2) is 11.6 Å². The summed E-state index contributed by atoms with van der Waals surface area (Å²) in [5.41, 5.74) is 1.37. The Bertz CT molecular complexity index is 439. The number of hydrogen-bond acceptors (Lipinski definition) is 4. The summed E-state index contributed by atoms with van der Waals surface area (Å²) in [6.45, 7) is 1.40. The first kappa shape index (κ1) is 9.45. The number of fused-ring (bicyclic) bond motifs is 1. The van der Waals surface area contributed by atoms with Crippen LogP contribution in [0, 0.1) is 0 Å². The molecule has 2 rings (SSSR count). The number of ketones is 1. The number of H-pyrrole nitrogens is 1. The van der Waals surface area contributed by atoms with Gasteiger partial charge in [-0.2, -0.15) is 11.8 Å². The van der Waals surface area contributed by atoms with E-state index < -0.39 is 0 Å². The Morgan fingerprint density at radius 3 is 3.07 bits per heavy atom. The van der Waals surface area contributed by atoms with Crippen molar-refractivity contribution in [2.24, 2.45) is 0 Å². The number of carbonyl (C=O) groups excluding carboxylic acids is 1. The summed E-state index contributed by atoms with van der Waals surface area (Å²) in [6.07, 6.45) is 0.751. The van der Waals surface area contributed by atoms with Crippen LogP contribution in [0.1, 0.15) is 28.8 Å². The van der Waals surface area contributed by atoms with Crippen molar-refractivity contribution in [3.05, 3.63) is 27.4 Å². The highest BCUT2D eigenvalue weighted by Crippen LogP contribution is 2.19. The Hall–Kier alpha value is -1.10. The molecule has 0 unspecified atom stereocenters. The van der Waals surface area contributed by atoms with Gasteiger partial charge in [-0.05, 0) is 12.2 Å². The number of hydrogen-bond donors (Lipinski definition) is 1. The quantitative estimate of drug-likeness (QED) is 0.695. The molecular weight excluding hydrogens is 200 g/mol. The molecule has 1 aromatic rings. The van der Waals surface area contributed by atoms with Crippen molar-refractivity contribution in [3.63, 3.8) is 0 Å². The summed E-state index contributed by atoms with van der Waals surface area (Å²) in [5.74, 6) is 1.67. The average Bonchev–Trinajstić information content (AvgIpc) is 2.17. The first-order valence-electron chi connectivity index (χ1n) is 4.39. The minimum absolute atomic E-state index is 0.152. The molecule has 1 N–H and O–H groups in total. The maximum Gasteiger partial charge on any atom is 0.254 e.